The molecule has 0 unspecified atom stereocenters. The fraction of sp³-hybridized carbons (Fsp3) is 0.333. The van der Waals surface area contributed by atoms with Crippen LogP contribution in [0.2, 0.25) is 0 Å². The average Bonchev–Trinajstić information content (AvgIpc) is 2.88. The SMILES string of the molecule is CCCc1ccc(N(C)c2ccc3c(c2)OCCC3)cc1.CNc1cnccc1C(=O)OC. The molecule has 4 rings (SSSR count). The number of ether oxygens (including phenoxy) is 2. The van der Waals surface area contributed by atoms with Gasteiger partial charge in [-0.15, -0.1) is 0 Å². The van der Waals surface area contributed by atoms with Crippen LogP contribution in [0, 0.1) is 0 Å². The summed E-state index contributed by atoms with van der Waals surface area (Å²) < 4.78 is 10.3. The molecule has 0 bridgehead atoms. The lowest BCUT2D eigenvalue weighted by atomic mass is 10.1. The second kappa shape index (κ2) is 11.9. The normalized spacial score (nSPS) is 11.9. The summed E-state index contributed by atoms with van der Waals surface area (Å²) in [5.74, 6) is 0.690. The molecule has 1 aromatic heterocycles. The molecule has 0 atom stereocenters. The van der Waals surface area contributed by atoms with Gasteiger partial charge >= 0.3 is 5.97 Å². The Morgan fingerprint density at radius 2 is 1.91 bits per heavy atom. The number of nitrogens with one attached hydrogen (secondary N) is 1. The van der Waals surface area contributed by atoms with E-state index in [1.165, 1.54) is 36.0 Å². The second-order valence-electron chi connectivity index (χ2n) is 7.88. The zero-order valence-electron chi connectivity index (χ0n) is 19.9. The van der Waals surface area contributed by atoms with E-state index < -0.39 is 0 Å². The predicted molar refractivity (Wildman–Crippen MR) is 134 cm³/mol. The van der Waals surface area contributed by atoms with Gasteiger partial charge in [0, 0.05) is 37.7 Å². The van der Waals surface area contributed by atoms with Crippen LogP contribution in [0.5, 0.6) is 5.75 Å². The smallest absolute Gasteiger partial charge is 0.340 e. The fourth-order valence-electron chi connectivity index (χ4n) is 3.74. The number of hydrogen-bond acceptors (Lipinski definition) is 6. The van der Waals surface area contributed by atoms with Crippen molar-refractivity contribution in [3.8, 4) is 5.75 Å². The summed E-state index contributed by atoms with van der Waals surface area (Å²) in [6.45, 7) is 3.05. The van der Waals surface area contributed by atoms with Crippen molar-refractivity contribution in [1.82, 2.24) is 4.98 Å². The maximum absolute atomic E-state index is 11.1. The molecule has 2 heterocycles. The third-order valence-corrected chi connectivity index (χ3v) is 5.64. The summed E-state index contributed by atoms with van der Waals surface area (Å²) in [4.78, 5) is 17.2. The van der Waals surface area contributed by atoms with Crippen molar-refractivity contribution in [1.29, 1.82) is 0 Å². The van der Waals surface area contributed by atoms with Crippen LogP contribution in [0.1, 0.15) is 41.3 Å². The number of fused-ring (bicyclic) bond motifs is 1. The van der Waals surface area contributed by atoms with Crippen LogP contribution in [-0.4, -0.2) is 38.8 Å². The summed E-state index contributed by atoms with van der Waals surface area (Å²) >= 11 is 0. The highest BCUT2D eigenvalue weighted by Gasteiger charge is 2.13. The first kappa shape index (κ1) is 24.1. The molecule has 1 N–H and O–H groups in total. The lowest BCUT2D eigenvalue weighted by Crippen LogP contribution is -2.12. The van der Waals surface area contributed by atoms with Crippen LogP contribution >= 0.6 is 0 Å². The molecule has 0 aliphatic carbocycles. The number of methoxy groups -OCH3 is 1. The highest BCUT2D eigenvalue weighted by atomic mass is 16.5. The molecule has 6 nitrogen and oxygen atoms in total. The van der Waals surface area contributed by atoms with Crippen molar-refractivity contribution in [2.24, 2.45) is 0 Å². The standard InChI is InChI=1S/C19H23NO.C8H10N2O2/c1-3-5-15-7-10-17(11-8-15)20(2)18-12-9-16-6-4-13-21-19(16)14-18;1-9-7-5-10-4-3-6(7)8(11)12-2/h7-12,14H,3-6,13H2,1-2H3;3-5,9H,1-2H3. The molecule has 0 radical (unpaired) electrons. The van der Waals surface area contributed by atoms with Crippen LogP contribution in [0.15, 0.2) is 60.9 Å². The van der Waals surface area contributed by atoms with E-state index in [-0.39, 0.29) is 5.97 Å². The molecular formula is C27H33N3O3. The van der Waals surface area contributed by atoms with Crippen molar-refractivity contribution in [3.63, 3.8) is 0 Å². The van der Waals surface area contributed by atoms with Gasteiger partial charge in [0.05, 0.1) is 31.2 Å². The topological polar surface area (TPSA) is 63.7 Å². The summed E-state index contributed by atoms with van der Waals surface area (Å²) in [7, 11) is 5.19. The Morgan fingerprint density at radius 3 is 2.61 bits per heavy atom. The van der Waals surface area contributed by atoms with E-state index in [1.54, 1.807) is 25.5 Å². The Balaban J connectivity index is 0.000000218. The van der Waals surface area contributed by atoms with Gasteiger partial charge < -0.3 is 19.7 Å². The van der Waals surface area contributed by atoms with E-state index in [0.29, 0.717) is 11.3 Å². The number of hydrogen-bond donors (Lipinski definition) is 1. The molecular weight excluding hydrogens is 414 g/mol. The average molecular weight is 448 g/mol. The first-order valence-electron chi connectivity index (χ1n) is 11.4. The molecule has 1 aliphatic heterocycles. The Kier molecular flexibility index (Phi) is 8.70. The fourth-order valence-corrected chi connectivity index (χ4v) is 3.74. The zero-order valence-corrected chi connectivity index (χ0v) is 19.9. The molecule has 0 saturated heterocycles. The van der Waals surface area contributed by atoms with Gasteiger partial charge in [-0.1, -0.05) is 31.5 Å². The lowest BCUT2D eigenvalue weighted by Gasteiger charge is -2.23. The lowest BCUT2D eigenvalue weighted by molar-refractivity contribution is 0.0601. The third kappa shape index (κ3) is 6.25. The van der Waals surface area contributed by atoms with Gasteiger partial charge in [-0.2, -0.15) is 0 Å². The van der Waals surface area contributed by atoms with Gasteiger partial charge in [-0.3, -0.25) is 4.98 Å². The molecule has 1 aliphatic rings. The maximum Gasteiger partial charge on any atom is 0.340 e. The monoisotopic (exact) mass is 447 g/mol. The van der Waals surface area contributed by atoms with Crippen LogP contribution in [0.25, 0.3) is 0 Å². The van der Waals surface area contributed by atoms with Gasteiger partial charge in [0.15, 0.2) is 0 Å². The Bertz CT molecular complexity index is 1050. The van der Waals surface area contributed by atoms with E-state index in [2.05, 4.69) is 76.4 Å². The number of pyridine rings is 1. The van der Waals surface area contributed by atoms with Crippen molar-refractivity contribution in [2.75, 3.05) is 38.0 Å². The largest absolute Gasteiger partial charge is 0.493 e. The summed E-state index contributed by atoms with van der Waals surface area (Å²) in [6.07, 6.45) is 7.72. The minimum atomic E-state index is -0.359. The van der Waals surface area contributed by atoms with E-state index in [1.807, 2.05) is 0 Å². The molecule has 0 fully saturated rings. The van der Waals surface area contributed by atoms with Crippen molar-refractivity contribution < 1.29 is 14.3 Å². The number of carbonyl (C=O) groups is 1. The van der Waals surface area contributed by atoms with Crippen molar-refractivity contribution in [2.45, 2.75) is 32.6 Å². The van der Waals surface area contributed by atoms with E-state index in [4.69, 9.17) is 4.74 Å². The second-order valence-corrected chi connectivity index (χ2v) is 7.88. The maximum atomic E-state index is 11.1. The molecule has 0 spiro atoms. The summed E-state index contributed by atoms with van der Waals surface area (Å²) in [5, 5.41) is 2.85. The first-order chi connectivity index (χ1) is 16.1. The third-order valence-electron chi connectivity index (χ3n) is 5.64. The molecule has 0 saturated carbocycles. The van der Waals surface area contributed by atoms with Crippen LogP contribution in [0.3, 0.4) is 0 Å². The Hall–Kier alpha value is -3.54. The van der Waals surface area contributed by atoms with E-state index in [0.717, 1.165) is 31.6 Å². The minimum absolute atomic E-state index is 0.359. The number of esters is 1. The molecule has 33 heavy (non-hydrogen) atoms. The van der Waals surface area contributed by atoms with Crippen molar-refractivity contribution >= 4 is 23.0 Å². The molecule has 0 amide bonds. The van der Waals surface area contributed by atoms with Crippen LogP contribution in [-0.2, 0) is 17.6 Å². The number of nitrogens with zero attached hydrogens (tertiary/aromatic N) is 2. The highest BCUT2D eigenvalue weighted by molar-refractivity contribution is 5.95. The van der Waals surface area contributed by atoms with E-state index >= 15 is 0 Å². The number of benzene rings is 2. The highest BCUT2D eigenvalue weighted by Crippen LogP contribution is 2.32. The number of carbonyl (C=O) groups excluding carboxylic acids is 1. The first-order valence-corrected chi connectivity index (χ1v) is 11.4. The Labute approximate surface area is 196 Å². The van der Waals surface area contributed by atoms with Crippen molar-refractivity contribution in [3.05, 3.63) is 77.6 Å². The number of rotatable bonds is 6. The van der Waals surface area contributed by atoms with E-state index in [9.17, 15) is 4.79 Å². The van der Waals surface area contributed by atoms with Crippen LogP contribution in [0.4, 0.5) is 17.1 Å². The number of anilines is 3. The molecule has 174 valence electrons. The Morgan fingerprint density at radius 1 is 1.15 bits per heavy atom. The molecule has 2 aromatic carbocycles. The van der Waals surface area contributed by atoms with Gasteiger partial charge in [0.1, 0.15) is 5.75 Å². The summed E-state index contributed by atoms with van der Waals surface area (Å²) in [5.41, 5.74) is 6.30. The summed E-state index contributed by atoms with van der Waals surface area (Å²) in [6, 6.07) is 17.0. The van der Waals surface area contributed by atoms with Crippen LogP contribution < -0.4 is 15.0 Å². The van der Waals surface area contributed by atoms with Gasteiger partial charge in [-0.25, -0.2) is 4.79 Å². The zero-order chi connectivity index (χ0) is 23.6. The minimum Gasteiger partial charge on any atom is -0.493 e. The van der Waals surface area contributed by atoms with Gasteiger partial charge in [0.2, 0.25) is 0 Å². The molecule has 3 aromatic rings. The predicted octanol–water partition coefficient (Wildman–Crippen LogP) is 5.64. The molecule has 6 heteroatoms. The van der Waals surface area contributed by atoms with Gasteiger partial charge in [0.25, 0.3) is 0 Å². The van der Waals surface area contributed by atoms with Gasteiger partial charge in [-0.05, 0) is 54.7 Å². The number of aryl methyl sites for hydroxylation is 2. The number of aromatic nitrogens is 1. The quantitative estimate of drug-likeness (QED) is 0.493.